The zero-order chi connectivity index (χ0) is 17.6. The average Bonchev–Trinajstić information content (AvgIpc) is 3.00. The third kappa shape index (κ3) is 4.45. The van der Waals surface area contributed by atoms with Crippen molar-refractivity contribution in [3.8, 4) is 0 Å². The molecule has 1 aliphatic heterocycles. The fourth-order valence-corrected chi connectivity index (χ4v) is 3.08. The fraction of sp³-hybridized carbons (Fsp3) is 0.300. The largest absolute Gasteiger partial charge is 0.352 e. The van der Waals surface area contributed by atoms with Gasteiger partial charge in [0.2, 0.25) is 5.91 Å². The van der Waals surface area contributed by atoms with Gasteiger partial charge in [-0.2, -0.15) is 0 Å². The standard InChI is InChI=1S/C20H23N3O2/c21-11-15-6-8-18(9-7-15)20(25)22-12-17-10-19(24)23(14-17)13-16-4-2-1-3-5-16/h1-9,17H,10-14,21H2,(H,22,25). The molecule has 1 saturated heterocycles. The van der Waals surface area contributed by atoms with Crippen LogP contribution < -0.4 is 11.1 Å². The second kappa shape index (κ2) is 7.94. The fourth-order valence-electron chi connectivity index (χ4n) is 3.08. The summed E-state index contributed by atoms with van der Waals surface area (Å²) in [5.41, 5.74) is 8.30. The molecule has 130 valence electrons. The van der Waals surface area contributed by atoms with E-state index in [4.69, 9.17) is 5.73 Å². The number of likely N-dealkylation sites (tertiary alicyclic amines) is 1. The Labute approximate surface area is 147 Å². The summed E-state index contributed by atoms with van der Waals surface area (Å²) in [5, 5.41) is 2.93. The maximum absolute atomic E-state index is 12.2. The number of benzene rings is 2. The minimum Gasteiger partial charge on any atom is -0.352 e. The summed E-state index contributed by atoms with van der Waals surface area (Å²) in [6, 6.07) is 17.2. The van der Waals surface area contributed by atoms with Gasteiger partial charge in [-0.15, -0.1) is 0 Å². The summed E-state index contributed by atoms with van der Waals surface area (Å²) in [7, 11) is 0. The van der Waals surface area contributed by atoms with Crippen LogP contribution in [0.25, 0.3) is 0 Å². The van der Waals surface area contributed by atoms with E-state index in [1.807, 2.05) is 47.4 Å². The summed E-state index contributed by atoms with van der Waals surface area (Å²) in [4.78, 5) is 26.3. The summed E-state index contributed by atoms with van der Waals surface area (Å²) < 4.78 is 0. The third-order valence-corrected chi connectivity index (χ3v) is 4.51. The van der Waals surface area contributed by atoms with E-state index in [0.29, 0.717) is 38.2 Å². The molecule has 0 radical (unpaired) electrons. The average molecular weight is 337 g/mol. The summed E-state index contributed by atoms with van der Waals surface area (Å²) in [6.45, 7) is 2.28. The van der Waals surface area contributed by atoms with Crippen molar-refractivity contribution < 1.29 is 9.59 Å². The van der Waals surface area contributed by atoms with Crippen LogP contribution in [0.2, 0.25) is 0 Å². The molecule has 0 bridgehead atoms. The first-order valence-electron chi connectivity index (χ1n) is 8.54. The van der Waals surface area contributed by atoms with Crippen LogP contribution in [0.4, 0.5) is 0 Å². The summed E-state index contributed by atoms with van der Waals surface area (Å²) in [6.07, 6.45) is 0.485. The molecule has 3 N–H and O–H groups in total. The van der Waals surface area contributed by atoms with Crippen LogP contribution >= 0.6 is 0 Å². The van der Waals surface area contributed by atoms with E-state index in [0.717, 1.165) is 11.1 Å². The normalized spacial score (nSPS) is 16.9. The minimum absolute atomic E-state index is 0.113. The van der Waals surface area contributed by atoms with Gasteiger partial charge in [-0.3, -0.25) is 9.59 Å². The minimum atomic E-state index is -0.113. The first-order chi connectivity index (χ1) is 12.2. The van der Waals surface area contributed by atoms with Crippen molar-refractivity contribution in [2.45, 2.75) is 19.5 Å². The number of hydrogen-bond donors (Lipinski definition) is 2. The molecule has 0 saturated carbocycles. The van der Waals surface area contributed by atoms with E-state index in [1.54, 1.807) is 12.1 Å². The highest BCUT2D eigenvalue weighted by atomic mass is 16.2. The number of nitrogens with two attached hydrogens (primary N) is 1. The Balaban J connectivity index is 1.50. The zero-order valence-corrected chi connectivity index (χ0v) is 14.2. The molecule has 25 heavy (non-hydrogen) atoms. The van der Waals surface area contributed by atoms with Crippen LogP contribution in [0.3, 0.4) is 0 Å². The summed E-state index contributed by atoms with van der Waals surface area (Å²) in [5.74, 6) is 0.191. The lowest BCUT2D eigenvalue weighted by Gasteiger charge is -2.17. The van der Waals surface area contributed by atoms with Crippen molar-refractivity contribution in [1.82, 2.24) is 10.2 Å². The number of nitrogens with one attached hydrogen (secondary N) is 1. The second-order valence-corrected chi connectivity index (χ2v) is 6.44. The van der Waals surface area contributed by atoms with E-state index in [1.165, 1.54) is 0 Å². The molecular formula is C20H23N3O2. The van der Waals surface area contributed by atoms with Gasteiger partial charge in [0.25, 0.3) is 5.91 Å². The first kappa shape index (κ1) is 17.2. The van der Waals surface area contributed by atoms with E-state index >= 15 is 0 Å². The van der Waals surface area contributed by atoms with Gasteiger partial charge in [-0.1, -0.05) is 42.5 Å². The number of rotatable bonds is 6. The predicted molar refractivity (Wildman–Crippen MR) is 96.6 cm³/mol. The van der Waals surface area contributed by atoms with Crippen molar-refractivity contribution in [3.63, 3.8) is 0 Å². The highest BCUT2D eigenvalue weighted by Crippen LogP contribution is 2.19. The topological polar surface area (TPSA) is 75.4 Å². The molecule has 0 spiro atoms. The first-order valence-corrected chi connectivity index (χ1v) is 8.54. The number of amides is 2. The van der Waals surface area contributed by atoms with Crippen molar-refractivity contribution in [2.75, 3.05) is 13.1 Å². The molecule has 5 nitrogen and oxygen atoms in total. The molecule has 3 rings (SSSR count). The molecule has 1 unspecified atom stereocenters. The lowest BCUT2D eigenvalue weighted by atomic mass is 10.1. The van der Waals surface area contributed by atoms with Crippen molar-refractivity contribution in [2.24, 2.45) is 11.7 Å². The van der Waals surface area contributed by atoms with Gasteiger partial charge in [0, 0.05) is 44.1 Å². The van der Waals surface area contributed by atoms with Gasteiger partial charge in [-0.25, -0.2) is 0 Å². The summed E-state index contributed by atoms with van der Waals surface area (Å²) >= 11 is 0. The number of nitrogens with zero attached hydrogens (tertiary/aromatic N) is 1. The monoisotopic (exact) mass is 337 g/mol. The van der Waals surface area contributed by atoms with Crippen molar-refractivity contribution >= 4 is 11.8 Å². The Morgan fingerprint density at radius 3 is 2.48 bits per heavy atom. The van der Waals surface area contributed by atoms with E-state index < -0.39 is 0 Å². The molecule has 0 aromatic heterocycles. The number of hydrogen-bond acceptors (Lipinski definition) is 3. The Morgan fingerprint density at radius 1 is 1.08 bits per heavy atom. The molecule has 2 aromatic carbocycles. The van der Waals surface area contributed by atoms with Gasteiger partial charge in [0.05, 0.1) is 0 Å². The molecule has 1 aliphatic rings. The van der Waals surface area contributed by atoms with Crippen LogP contribution in [0.15, 0.2) is 54.6 Å². The molecule has 5 heteroatoms. The van der Waals surface area contributed by atoms with E-state index in [9.17, 15) is 9.59 Å². The van der Waals surface area contributed by atoms with Gasteiger partial charge in [0.1, 0.15) is 0 Å². The molecule has 0 aliphatic carbocycles. The lowest BCUT2D eigenvalue weighted by Crippen LogP contribution is -2.31. The Morgan fingerprint density at radius 2 is 1.80 bits per heavy atom. The van der Waals surface area contributed by atoms with Gasteiger partial charge in [-0.05, 0) is 23.3 Å². The van der Waals surface area contributed by atoms with Gasteiger partial charge < -0.3 is 16.0 Å². The highest BCUT2D eigenvalue weighted by molar-refractivity contribution is 5.94. The Kier molecular flexibility index (Phi) is 5.46. The highest BCUT2D eigenvalue weighted by Gasteiger charge is 2.29. The Hall–Kier alpha value is -2.66. The third-order valence-electron chi connectivity index (χ3n) is 4.51. The maximum atomic E-state index is 12.2. The Bertz CT molecular complexity index is 728. The molecule has 1 heterocycles. The molecule has 2 aromatic rings. The molecule has 1 atom stereocenters. The lowest BCUT2D eigenvalue weighted by molar-refractivity contribution is -0.128. The predicted octanol–water partition coefficient (Wildman–Crippen LogP) is 1.92. The quantitative estimate of drug-likeness (QED) is 0.846. The molecule has 2 amide bonds. The van der Waals surface area contributed by atoms with Crippen LogP contribution in [-0.2, 0) is 17.9 Å². The van der Waals surface area contributed by atoms with Crippen LogP contribution in [0.1, 0.15) is 27.9 Å². The number of carbonyl (C=O) groups is 2. The second-order valence-electron chi connectivity index (χ2n) is 6.44. The van der Waals surface area contributed by atoms with E-state index in [-0.39, 0.29) is 17.7 Å². The molecular weight excluding hydrogens is 314 g/mol. The van der Waals surface area contributed by atoms with Crippen molar-refractivity contribution in [3.05, 3.63) is 71.3 Å². The van der Waals surface area contributed by atoms with Crippen LogP contribution in [0, 0.1) is 5.92 Å². The van der Waals surface area contributed by atoms with Gasteiger partial charge >= 0.3 is 0 Å². The maximum Gasteiger partial charge on any atom is 0.251 e. The SMILES string of the molecule is NCc1ccc(C(=O)NCC2CC(=O)N(Cc3ccccc3)C2)cc1. The molecule has 1 fully saturated rings. The van der Waals surface area contributed by atoms with Crippen LogP contribution in [0.5, 0.6) is 0 Å². The van der Waals surface area contributed by atoms with Crippen molar-refractivity contribution in [1.29, 1.82) is 0 Å². The number of carbonyl (C=O) groups excluding carboxylic acids is 2. The smallest absolute Gasteiger partial charge is 0.251 e. The van der Waals surface area contributed by atoms with E-state index in [2.05, 4.69) is 5.32 Å². The van der Waals surface area contributed by atoms with Gasteiger partial charge in [0.15, 0.2) is 0 Å². The zero-order valence-electron chi connectivity index (χ0n) is 14.2. The van der Waals surface area contributed by atoms with Crippen LogP contribution in [-0.4, -0.2) is 29.8 Å².